The summed E-state index contributed by atoms with van der Waals surface area (Å²) in [4.78, 5) is 137. The average molecular weight is 1340 g/mol. The SMILES string of the molecule is Cc1ccc(C(C)CCC(CCC(CCCCCCCCCNC(=O)CN(CCNC(=O)CN(CCNC(=O)CN(CCN)C(=O)Cn2cnc3c(N)ncnc32)C(=O)Cn2ccc(N)nc2=O)C(=O)Cn2cnc3c(=O)[nH]c(N)nc32)c2ccc(C)cc2)c2ccc(C)cc2)cc1. The number of hydrogen-bond acceptors (Lipinski definition) is 18. The molecule has 5 aromatic heterocycles. The molecule has 0 aliphatic heterocycles. The Bertz CT molecular complexity index is 4080. The van der Waals surface area contributed by atoms with Gasteiger partial charge in [-0.25, -0.2) is 24.7 Å². The molecule has 522 valence electrons. The fraction of sp³-hybridized carbons (Fsp3) is 0.457. The van der Waals surface area contributed by atoms with Gasteiger partial charge in [-0.15, -0.1) is 0 Å². The first-order chi connectivity index (χ1) is 47.2. The minimum atomic E-state index is -0.812. The maximum atomic E-state index is 14.1. The Balaban J connectivity index is 0.811. The zero-order valence-electron chi connectivity index (χ0n) is 56.7. The van der Waals surface area contributed by atoms with Crippen LogP contribution in [-0.2, 0) is 48.4 Å². The number of H-pyrrole nitrogens is 1. The second-order valence-electron chi connectivity index (χ2n) is 25.3. The van der Waals surface area contributed by atoms with Gasteiger partial charge in [-0.05, 0) is 99.8 Å². The molecule has 3 unspecified atom stereocenters. The predicted octanol–water partition coefficient (Wildman–Crippen LogP) is 4.73. The third-order valence-corrected chi connectivity index (χ3v) is 17.7. The van der Waals surface area contributed by atoms with Crippen LogP contribution in [0.15, 0.2) is 114 Å². The van der Waals surface area contributed by atoms with Gasteiger partial charge < -0.3 is 62.7 Å². The van der Waals surface area contributed by atoms with E-state index < -0.39 is 66.3 Å². The molecule has 28 nitrogen and oxygen atoms in total. The maximum Gasteiger partial charge on any atom is 0.349 e. The summed E-state index contributed by atoms with van der Waals surface area (Å²) in [6.07, 6.45) is 17.9. The number of aromatic amines is 1. The Labute approximate surface area is 569 Å². The summed E-state index contributed by atoms with van der Waals surface area (Å²) >= 11 is 0. The highest BCUT2D eigenvalue weighted by Crippen LogP contribution is 2.36. The van der Waals surface area contributed by atoms with Crippen LogP contribution in [0.4, 0.5) is 17.6 Å². The van der Waals surface area contributed by atoms with Crippen molar-refractivity contribution in [3.8, 4) is 0 Å². The summed E-state index contributed by atoms with van der Waals surface area (Å²) in [5, 5.41) is 8.33. The number of fused-ring (bicyclic) bond motifs is 2. The number of imidazole rings is 2. The van der Waals surface area contributed by atoms with Crippen molar-refractivity contribution in [2.45, 2.75) is 142 Å². The van der Waals surface area contributed by atoms with E-state index in [1.54, 1.807) is 0 Å². The zero-order valence-corrected chi connectivity index (χ0v) is 56.7. The molecule has 8 rings (SSSR count). The molecule has 28 heteroatoms. The van der Waals surface area contributed by atoms with Gasteiger partial charge in [-0.2, -0.15) is 9.97 Å². The monoisotopic (exact) mass is 1340 g/mol. The van der Waals surface area contributed by atoms with Gasteiger partial charge in [0.25, 0.3) is 5.56 Å². The average Bonchev–Trinajstić information content (AvgIpc) is 1.65. The minimum absolute atomic E-state index is 0.0267. The summed E-state index contributed by atoms with van der Waals surface area (Å²) < 4.78 is 3.80. The lowest BCUT2D eigenvalue weighted by molar-refractivity contribution is -0.137. The summed E-state index contributed by atoms with van der Waals surface area (Å²) in [7, 11) is 0. The van der Waals surface area contributed by atoms with Crippen LogP contribution in [0, 0.1) is 20.8 Å². The number of carbonyl (C=O) groups excluding carboxylic acids is 6. The van der Waals surface area contributed by atoms with E-state index in [1.165, 1.54) is 83.6 Å². The van der Waals surface area contributed by atoms with E-state index in [9.17, 15) is 38.4 Å². The predicted molar refractivity (Wildman–Crippen MR) is 376 cm³/mol. The smallest absolute Gasteiger partial charge is 0.349 e. The fourth-order valence-electron chi connectivity index (χ4n) is 12.0. The van der Waals surface area contributed by atoms with Gasteiger partial charge in [0.1, 0.15) is 37.3 Å². The summed E-state index contributed by atoms with van der Waals surface area (Å²) in [6, 6.07) is 28.6. The number of nitrogen functional groups attached to an aromatic ring is 3. The maximum absolute atomic E-state index is 14.1. The Morgan fingerprint density at radius 1 is 0.500 bits per heavy atom. The van der Waals surface area contributed by atoms with Crippen LogP contribution in [0.1, 0.15) is 135 Å². The molecule has 0 saturated heterocycles. The quantitative estimate of drug-likeness (QED) is 0.0241. The molecule has 5 heterocycles. The lowest BCUT2D eigenvalue weighted by Gasteiger charge is -2.25. The van der Waals surface area contributed by atoms with E-state index in [0.29, 0.717) is 35.5 Å². The van der Waals surface area contributed by atoms with Crippen molar-refractivity contribution in [2.75, 3.05) is 82.6 Å². The first-order valence-corrected chi connectivity index (χ1v) is 33.7. The standard InChI is InChI=1S/C70H94N20O8/c1-47-13-20-51(21-14-47)50(4)19-26-55(54-24-17-49(3)18-25-54)28-27-52(53-22-15-48(2)16-23-53)12-10-8-6-5-7-9-11-31-75-57(91)39-87(62(96)43-90-46-81-64-67(90)83-69(74)84-68(64)97)37-33-77-59(93)40-86(60(94)41-88-34-29-56(72)82-70(88)98)36-32-76-58(92)38-85(35-30-71)61(95)42-89-45-80-63-65(73)78-44-79-66(63)89/h13-18,20-25,29,34,44-46,50,52,55H,5-12,19,26-28,30-33,35-43,71H2,1-4H3,(H,75,91)(H,76,92)(H,77,93)(H2,72,82,98)(H2,73,78,79)(H3,74,83,84,97). The lowest BCUT2D eigenvalue weighted by Crippen LogP contribution is -2.49. The van der Waals surface area contributed by atoms with Gasteiger partial charge in [-0.3, -0.25) is 43.1 Å². The van der Waals surface area contributed by atoms with Crippen LogP contribution in [0.3, 0.4) is 0 Å². The number of carbonyl (C=O) groups is 6. The van der Waals surface area contributed by atoms with Crippen molar-refractivity contribution >= 4 is 75.4 Å². The molecule has 3 atom stereocenters. The first kappa shape index (κ1) is 73.4. The molecule has 3 aromatic carbocycles. The van der Waals surface area contributed by atoms with Gasteiger partial charge in [0.05, 0.1) is 32.3 Å². The molecule has 0 aliphatic carbocycles. The van der Waals surface area contributed by atoms with Crippen molar-refractivity contribution in [3.63, 3.8) is 0 Å². The summed E-state index contributed by atoms with van der Waals surface area (Å²) in [5.74, 6) is -2.12. The number of amides is 6. The highest BCUT2D eigenvalue weighted by molar-refractivity contribution is 5.88. The Kier molecular flexibility index (Phi) is 27.5. The second-order valence-corrected chi connectivity index (χ2v) is 25.3. The Morgan fingerprint density at radius 2 is 0.959 bits per heavy atom. The van der Waals surface area contributed by atoms with E-state index in [1.807, 2.05) is 0 Å². The molecule has 0 fully saturated rings. The zero-order chi connectivity index (χ0) is 70.1. The molecule has 0 spiro atoms. The van der Waals surface area contributed by atoms with Crippen LogP contribution in [0.25, 0.3) is 22.3 Å². The van der Waals surface area contributed by atoms with Crippen molar-refractivity contribution < 1.29 is 28.8 Å². The van der Waals surface area contributed by atoms with Gasteiger partial charge in [-0.1, -0.05) is 135 Å². The number of anilines is 3. The molecule has 6 amide bonds. The van der Waals surface area contributed by atoms with Crippen molar-refractivity contribution in [2.24, 2.45) is 5.73 Å². The van der Waals surface area contributed by atoms with Crippen molar-refractivity contribution in [1.29, 1.82) is 0 Å². The van der Waals surface area contributed by atoms with Gasteiger partial charge in [0.15, 0.2) is 22.6 Å². The van der Waals surface area contributed by atoms with Crippen LogP contribution in [0.2, 0.25) is 0 Å². The molecule has 0 aliphatic rings. The minimum Gasteiger partial charge on any atom is -0.383 e. The van der Waals surface area contributed by atoms with Gasteiger partial charge in [0.2, 0.25) is 41.4 Å². The molecule has 0 saturated carbocycles. The van der Waals surface area contributed by atoms with E-state index >= 15 is 0 Å². The largest absolute Gasteiger partial charge is 0.383 e. The van der Waals surface area contributed by atoms with E-state index in [2.05, 4.69) is 151 Å². The van der Waals surface area contributed by atoms with Crippen molar-refractivity contribution in [3.05, 3.63) is 158 Å². The Hall–Kier alpha value is -10.4. The van der Waals surface area contributed by atoms with Crippen LogP contribution in [0.5, 0.6) is 0 Å². The molecule has 12 N–H and O–H groups in total. The number of hydrogen-bond donors (Lipinski definition) is 8. The number of rotatable bonds is 39. The van der Waals surface area contributed by atoms with E-state index in [-0.39, 0.29) is 87.7 Å². The lowest BCUT2D eigenvalue weighted by atomic mass is 9.81. The van der Waals surface area contributed by atoms with Gasteiger partial charge in [0, 0.05) is 52.0 Å². The van der Waals surface area contributed by atoms with Crippen molar-refractivity contribution in [1.82, 2.24) is 79.2 Å². The second kappa shape index (κ2) is 36.7. The van der Waals surface area contributed by atoms with E-state index in [4.69, 9.17) is 22.9 Å². The molecule has 0 bridgehead atoms. The van der Waals surface area contributed by atoms with Crippen LogP contribution >= 0.6 is 0 Å². The topological polar surface area (TPSA) is 394 Å². The molecule has 8 aromatic rings. The fourth-order valence-corrected chi connectivity index (χ4v) is 12.0. The van der Waals surface area contributed by atoms with E-state index in [0.717, 1.165) is 86.5 Å². The summed E-state index contributed by atoms with van der Waals surface area (Å²) in [6.45, 7) is 5.97. The molecular weight excluding hydrogens is 1250 g/mol. The number of nitrogens with two attached hydrogens (primary N) is 4. The molecular formula is C70H94N20O8. The molecule has 98 heavy (non-hydrogen) atoms. The number of unbranched alkanes of at least 4 members (excludes halogenated alkanes) is 6. The number of nitrogens with one attached hydrogen (secondary N) is 4. The van der Waals surface area contributed by atoms with Crippen LogP contribution in [-0.4, -0.2) is 164 Å². The van der Waals surface area contributed by atoms with Gasteiger partial charge >= 0.3 is 5.69 Å². The summed E-state index contributed by atoms with van der Waals surface area (Å²) in [5.41, 5.74) is 30.5. The third-order valence-electron chi connectivity index (χ3n) is 17.7. The number of aromatic nitrogens is 10. The number of aryl methyl sites for hydroxylation is 3. The normalized spacial score (nSPS) is 12.3. The number of benzene rings is 3. The third kappa shape index (κ3) is 22.1. The Morgan fingerprint density at radius 3 is 1.50 bits per heavy atom. The molecule has 0 radical (unpaired) electrons. The number of nitrogens with zero attached hydrogens (tertiary/aromatic N) is 12. The highest BCUT2D eigenvalue weighted by Gasteiger charge is 2.25. The van der Waals surface area contributed by atoms with Crippen LogP contribution < -0.4 is 50.1 Å². The highest BCUT2D eigenvalue weighted by atomic mass is 16.2. The first-order valence-electron chi connectivity index (χ1n) is 33.7.